The van der Waals surface area contributed by atoms with Gasteiger partial charge in [-0.25, -0.2) is 0 Å². The molecule has 13 heavy (non-hydrogen) atoms. The van der Waals surface area contributed by atoms with Crippen molar-refractivity contribution >= 4 is 0 Å². The van der Waals surface area contributed by atoms with Crippen LogP contribution < -0.4 is 5.32 Å². The van der Waals surface area contributed by atoms with E-state index in [9.17, 15) is 0 Å². The second kappa shape index (κ2) is 6.42. The summed E-state index contributed by atoms with van der Waals surface area (Å²) < 4.78 is 0. The van der Waals surface area contributed by atoms with E-state index < -0.39 is 0 Å². The van der Waals surface area contributed by atoms with E-state index in [1.807, 2.05) is 0 Å². The highest BCUT2D eigenvalue weighted by molar-refractivity contribution is 4.74. The molecule has 1 N–H and O–H groups in total. The molecule has 2 unspecified atom stereocenters. The van der Waals surface area contributed by atoms with Gasteiger partial charge in [0.1, 0.15) is 0 Å². The van der Waals surface area contributed by atoms with Gasteiger partial charge in [0.15, 0.2) is 0 Å². The Hall–Kier alpha value is -0.0400. The Morgan fingerprint density at radius 3 is 2.31 bits per heavy atom. The van der Waals surface area contributed by atoms with Crippen molar-refractivity contribution in [3.05, 3.63) is 0 Å². The van der Waals surface area contributed by atoms with Crippen LogP contribution in [0.1, 0.15) is 58.8 Å². The van der Waals surface area contributed by atoms with Crippen LogP contribution in [-0.4, -0.2) is 12.6 Å². The lowest BCUT2D eigenvalue weighted by Gasteiger charge is -2.23. The number of nitrogens with one attached hydrogen (secondary N) is 1. The van der Waals surface area contributed by atoms with E-state index in [4.69, 9.17) is 0 Å². The molecular weight excluding hydrogens is 158 g/mol. The quantitative estimate of drug-likeness (QED) is 0.692. The number of rotatable bonds is 2. The van der Waals surface area contributed by atoms with Crippen LogP contribution in [0.2, 0.25) is 0 Å². The molecule has 0 aromatic heterocycles. The predicted molar refractivity (Wildman–Crippen MR) is 58.9 cm³/mol. The Balaban J connectivity index is 2.35. The normalized spacial score (nSPS) is 31.8. The van der Waals surface area contributed by atoms with E-state index in [1.54, 1.807) is 0 Å². The maximum atomic E-state index is 3.63. The van der Waals surface area contributed by atoms with Gasteiger partial charge in [-0.05, 0) is 25.3 Å². The van der Waals surface area contributed by atoms with Crippen LogP contribution in [0.25, 0.3) is 0 Å². The Morgan fingerprint density at radius 2 is 1.62 bits per heavy atom. The molecule has 1 rings (SSSR count). The molecule has 78 valence electrons. The van der Waals surface area contributed by atoms with E-state index in [2.05, 4.69) is 19.2 Å². The molecule has 1 aliphatic rings. The van der Waals surface area contributed by atoms with Gasteiger partial charge in [-0.1, -0.05) is 46.0 Å². The monoisotopic (exact) mass is 183 g/mol. The molecule has 2 atom stereocenters. The molecule has 0 aliphatic heterocycles. The molecule has 1 aliphatic carbocycles. The number of hydrogen-bond donors (Lipinski definition) is 1. The van der Waals surface area contributed by atoms with Crippen LogP contribution in [0.3, 0.4) is 0 Å². The molecule has 0 spiro atoms. The van der Waals surface area contributed by atoms with Crippen molar-refractivity contribution in [1.29, 1.82) is 0 Å². The summed E-state index contributed by atoms with van der Waals surface area (Å²) in [5.41, 5.74) is 0. The van der Waals surface area contributed by atoms with Gasteiger partial charge in [-0.2, -0.15) is 0 Å². The summed E-state index contributed by atoms with van der Waals surface area (Å²) in [6, 6.07) is 0.795. The fraction of sp³-hybridized carbons (Fsp3) is 1.00. The summed E-state index contributed by atoms with van der Waals surface area (Å²) in [4.78, 5) is 0. The summed E-state index contributed by atoms with van der Waals surface area (Å²) >= 11 is 0. The molecule has 1 saturated carbocycles. The van der Waals surface area contributed by atoms with Crippen LogP contribution in [0.5, 0.6) is 0 Å². The van der Waals surface area contributed by atoms with Crippen LogP contribution in [0.4, 0.5) is 0 Å². The third kappa shape index (κ3) is 4.12. The van der Waals surface area contributed by atoms with Crippen LogP contribution >= 0.6 is 0 Å². The van der Waals surface area contributed by atoms with Gasteiger partial charge in [0.2, 0.25) is 0 Å². The first-order valence-corrected chi connectivity index (χ1v) is 6.08. The van der Waals surface area contributed by atoms with Crippen LogP contribution in [0.15, 0.2) is 0 Å². The first-order valence-electron chi connectivity index (χ1n) is 6.08. The zero-order valence-electron chi connectivity index (χ0n) is 9.31. The molecule has 0 saturated heterocycles. The van der Waals surface area contributed by atoms with Gasteiger partial charge in [-0.3, -0.25) is 0 Å². The molecule has 0 aromatic carbocycles. The van der Waals surface area contributed by atoms with Crippen molar-refractivity contribution in [3.8, 4) is 0 Å². The first kappa shape index (κ1) is 11.0. The standard InChI is InChI=1S/C12H25N/c1-3-13-12-10-8-6-4-5-7-9-11(12)2/h11-13H,3-10H2,1-2H3. The highest BCUT2D eigenvalue weighted by Gasteiger charge is 2.16. The highest BCUT2D eigenvalue weighted by atomic mass is 14.9. The second-order valence-corrected chi connectivity index (χ2v) is 4.49. The maximum absolute atomic E-state index is 3.63. The van der Waals surface area contributed by atoms with E-state index in [0.717, 1.165) is 18.5 Å². The van der Waals surface area contributed by atoms with Crippen molar-refractivity contribution in [2.45, 2.75) is 64.8 Å². The van der Waals surface area contributed by atoms with Gasteiger partial charge in [0.25, 0.3) is 0 Å². The Morgan fingerprint density at radius 1 is 1.00 bits per heavy atom. The zero-order chi connectivity index (χ0) is 9.52. The minimum absolute atomic E-state index is 0.795. The molecule has 0 amide bonds. The largest absolute Gasteiger partial charge is 0.314 e. The molecule has 0 radical (unpaired) electrons. The zero-order valence-corrected chi connectivity index (χ0v) is 9.31. The van der Waals surface area contributed by atoms with Gasteiger partial charge >= 0.3 is 0 Å². The molecule has 1 fully saturated rings. The Labute approximate surface area is 83.3 Å². The average Bonchev–Trinajstić information content (AvgIpc) is 2.21. The van der Waals surface area contributed by atoms with Crippen molar-refractivity contribution < 1.29 is 0 Å². The minimum Gasteiger partial charge on any atom is -0.314 e. The predicted octanol–water partition coefficient (Wildman–Crippen LogP) is 3.34. The van der Waals surface area contributed by atoms with Crippen LogP contribution in [-0.2, 0) is 0 Å². The molecule has 0 bridgehead atoms. The smallest absolute Gasteiger partial charge is 0.00925 e. The van der Waals surface area contributed by atoms with Crippen molar-refractivity contribution in [2.24, 2.45) is 5.92 Å². The lowest BCUT2D eigenvalue weighted by Crippen LogP contribution is -2.34. The van der Waals surface area contributed by atoms with Gasteiger partial charge in [0.05, 0.1) is 0 Å². The van der Waals surface area contributed by atoms with Crippen LogP contribution in [0, 0.1) is 5.92 Å². The topological polar surface area (TPSA) is 12.0 Å². The molecule has 0 aromatic rings. The van der Waals surface area contributed by atoms with E-state index in [-0.39, 0.29) is 0 Å². The van der Waals surface area contributed by atoms with Gasteiger partial charge in [-0.15, -0.1) is 0 Å². The fourth-order valence-corrected chi connectivity index (χ4v) is 2.41. The SMILES string of the molecule is CCNC1CCCCCCCC1C. The molecule has 0 heterocycles. The molecule has 1 heteroatoms. The third-order valence-electron chi connectivity index (χ3n) is 3.33. The van der Waals surface area contributed by atoms with E-state index in [0.29, 0.717) is 0 Å². The summed E-state index contributed by atoms with van der Waals surface area (Å²) in [6.07, 6.45) is 10.1. The highest BCUT2D eigenvalue weighted by Crippen LogP contribution is 2.21. The fourth-order valence-electron chi connectivity index (χ4n) is 2.41. The maximum Gasteiger partial charge on any atom is 0.00925 e. The summed E-state index contributed by atoms with van der Waals surface area (Å²) in [5, 5.41) is 3.63. The first-order chi connectivity index (χ1) is 6.34. The van der Waals surface area contributed by atoms with E-state index >= 15 is 0 Å². The summed E-state index contributed by atoms with van der Waals surface area (Å²) in [5.74, 6) is 0.887. The lowest BCUT2D eigenvalue weighted by atomic mass is 9.93. The second-order valence-electron chi connectivity index (χ2n) is 4.49. The van der Waals surface area contributed by atoms with Crippen molar-refractivity contribution in [2.75, 3.05) is 6.54 Å². The molecular formula is C12H25N. The minimum atomic E-state index is 0.795. The third-order valence-corrected chi connectivity index (χ3v) is 3.33. The summed E-state index contributed by atoms with van der Waals surface area (Å²) in [6.45, 7) is 5.77. The molecule has 1 nitrogen and oxygen atoms in total. The summed E-state index contributed by atoms with van der Waals surface area (Å²) in [7, 11) is 0. The lowest BCUT2D eigenvalue weighted by molar-refractivity contribution is 0.340. The average molecular weight is 183 g/mol. The van der Waals surface area contributed by atoms with E-state index in [1.165, 1.54) is 44.9 Å². The van der Waals surface area contributed by atoms with Gasteiger partial charge < -0.3 is 5.32 Å². The van der Waals surface area contributed by atoms with Gasteiger partial charge in [0, 0.05) is 6.04 Å². The van der Waals surface area contributed by atoms with Crippen molar-refractivity contribution in [3.63, 3.8) is 0 Å². The Kier molecular flexibility index (Phi) is 5.45. The Bertz CT molecular complexity index is 122. The number of hydrogen-bond acceptors (Lipinski definition) is 1. The van der Waals surface area contributed by atoms with Crippen molar-refractivity contribution in [1.82, 2.24) is 5.32 Å².